The molecule has 0 radical (unpaired) electrons. The Morgan fingerprint density at radius 1 is 1.16 bits per heavy atom. The molecule has 1 fully saturated rings. The normalized spacial score (nSPS) is 16.3. The number of carbonyl (C=O) groups excluding carboxylic acids is 3. The lowest BCUT2D eigenvalue weighted by molar-refractivity contribution is -0.131. The molecule has 160 valence electrons. The van der Waals surface area contributed by atoms with Gasteiger partial charge in [0.2, 0.25) is 11.8 Å². The lowest BCUT2D eigenvalue weighted by atomic mass is 10.1. The molecule has 0 aliphatic carbocycles. The topological polar surface area (TPSA) is 78.5 Å². The van der Waals surface area contributed by atoms with Crippen molar-refractivity contribution in [3.8, 4) is 0 Å². The Morgan fingerprint density at radius 3 is 2.71 bits per heavy atom. The van der Waals surface area contributed by atoms with Crippen LogP contribution in [0.3, 0.4) is 0 Å². The summed E-state index contributed by atoms with van der Waals surface area (Å²) in [5, 5.41) is 7.22. The molecule has 1 atom stereocenters. The molecule has 6 nitrogen and oxygen atoms in total. The van der Waals surface area contributed by atoms with Crippen LogP contribution in [0.2, 0.25) is 15.1 Å². The number of nitrogens with zero attached hydrogens (tertiary/aromatic N) is 1. The van der Waals surface area contributed by atoms with Gasteiger partial charge in [0.15, 0.2) is 0 Å². The predicted molar refractivity (Wildman–Crippen MR) is 124 cm³/mol. The average Bonchev–Trinajstić information content (AvgIpc) is 3.08. The van der Waals surface area contributed by atoms with Crippen LogP contribution in [0.4, 0.5) is 5.69 Å². The minimum absolute atomic E-state index is 0.233. The molecule has 1 aliphatic heterocycles. The monoisotopic (exact) mass is 495 g/mol. The SMILES string of the molecule is O=C(C[C@H]1C(=O)NCCN1C(=O)c1sc2ccccc2c1Cl)Nc1cc(Cl)ccc1Cl. The molecule has 3 aromatic rings. The van der Waals surface area contributed by atoms with E-state index in [-0.39, 0.29) is 18.9 Å². The van der Waals surface area contributed by atoms with Crippen molar-refractivity contribution in [2.75, 3.05) is 18.4 Å². The van der Waals surface area contributed by atoms with Crippen molar-refractivity contribution in [3.05, 3.63) is 62.4 Å². The Hall–Kier alpha value is -2.32. The molecule has 3 amide bonds. The summed E-state index contributed by atoms with van der Waals surface area (Å²) < 4.78 is 0.877. The summed E-state index contributed by atoms with van der Waals surface area (Å²) in [6.07, 6.45) is -0.233. The van der Waals surface area contributed by atoms with Crippen molar-refractivity contribution in [1.29, 1.82) is 0 Å². The highest BCUT2D eigenvalue weighted by Gasteiger charge is 2.36. The molecule has 2 N–H and O–H groups in total. The van der Waals surface area contributed by atoms with Crippen molar-refractivity contribution in [2.24, 2.45) is 0 Å². The van der Waals surface area contributed by atoms with Crippen LogP contribution in [0, 0.1) is 0 Å². The average molecular weight is 497 g/mol. The van der Waals surface area contributed by atoms with E-state index in [1.54, 1.807) is 12.1 Å². The van der Waals surface area contributed by atoms with E-state index in [2.05, 4.69) is 10.6 Å². The lowest BCUT2D eigenvalue weighted by Gasteiger charge is -2.34. The van der Waals surface area contributed by atoms with Crippen molar-refractivity contribution < 1.29 is 14.4 Å². The summed E-state index contributed by atoms with van der Waals surface area (Å²) in [6.45, 7) is 0.566. The number of fused-ring (bicyclic) bond motifs is 1. The van der Waals surface area contributed by atoms with E-state index in [1.165, 1.54) is 22.3 Å². The minimum atomic E-state index is -0.972. The third-order valence-corrected chi connectivity index (χ3v) is 7.13. The maximum absolute atomic E-state index is 13.3. The van der Waals surface area contributed by atoms with Crippen LogP contribution in [0.15, 0.2) is 42.5 Å². The van der Waals surface area contributed by atoms with E-state index in [4.69, 9.17) is 34.8 Å². The minimum Gasteiger partial charge on any atom is -0.353 e. The van der Waals surface area contributed by atoms with Crippen molar-refractivity contribution >= 4 is 79.6 Å². The van der Waals surface area contributed by atoms with Crippen LogP contribution in [0.5, 0.6) is 0 Å². The smallest absolute Gasteiger partial charge is 0.266 e. The van der Waals surface area contributed by atoms with Crippen molar-refractivity contribution in [1.82, 2.24) is 10.2 Å². The fourth-order valence-corrected chi connectivity index (χ4v) is 5.22. The zero-order valence-electron chi connectivity index (χ0n) is 16.0. The van der Waals surface area contributed by atoms with E-state index >= 15 is 0 Å². The Bertz CT molecular complexity index is 1200. The molecule has 10 heteroatoms. The number of thiophene rings is 1. The van der Waals surface area contributed by atoms with Gasteiger partial charge in [0.25, 0.3) is 5.91 Å². The predicted octanol–water partition coefficient (Wildman–Crippen LogP) is 4.83. The van der Waals surface area contributed by atoms with Gasteiger partial charge in [-0.05, 0) is 24.3 Å². The first-order chi connectivity index (χ1) is 14.8. The summed E-state index contributed by atoms with van der Waals surface area (Å²) in [6, 6.07) is 11.1. The quantitative estimate of drug-likeness (QED) is 0.543. The van der Waals surface area contributed by atoms with Gasteiger partial charge in [-0.3, -0.25) is 14.4 Å². The molecule has 0 spiro atoms. The molecule has 0 saturated carbocycles. The van der Waals surface area contributed by atoms with E-state index in [1.807, 2.05) is 24.3 Å². The highest BCUT2D eigenvalue weighted by atomic mass is 35.5. The number of amides is 3. The Balaban J connectivity index is 1.57. The number of halogens is 3. The van der Waals surface area contributed by atoms with Crippen LogP contribution < -0.4 is 10.6 Å². The first kappa shape index (κ1) is 21.9. The maximum Gasteiger partial charge on any atom is 0.266 e. The first-order valence-electron chi connectivity index (χ1n) is 9.36. The molecule has 4 rings (SSSR count). The van der Waals surface area contributed by atoms with Gasteiger partial charge in [-0.25, -0.2) is 0 Å². The fourth-order valence-electron chi connectivity index (χ4n) is 3.41. The molecule has 0 bridgehead atoms. The van der Waals surface area contributed by atoms with Crippen LogP contribution >= 0.6 is 46.1 Å². The number of anilines is 1. The number of hydrogen-bond acceptors (Lipinski definition) is 4. The number of rotatable bonds is 4. The fraction of sp³-hybridized carbons (Fsp3) is 0.190. The van der Waals surface area contributed by atoms with E-state index in [9.17, 15) is 14.4 Å². The molecule has 2 heterocycles. The third kappa shape index (κ3) is 4.50. The van der Waals surface area contributed by atoms with Gasteiger partial charge in [-0.15, -0.1) is 11.3 Å². The number of piperazine rings is 1. The number of hydrogen-bond donors (Lipinski definition) is 2. The van der Waals surface area contributed by atoms with E-state index in [0.717, 1.165) is 10.1 Å². The van der Waals surface area contributed by atoms with Gasteiger partial charge in [0, 0.05) is 28.2 Å². The van der Waals surface area contributed by atoms with Crippen LogP contribution in [-0.4, -0.2) is 41.8 Å². The summed E-state index contributed by atoms with van der Waals surface area (Å²) >= 11 is 19.8. The standard InChI is InChI=1S/C21H16Cl3N3O3S/c22-11-5-6-13(23)14(9-11)26-17(28)10-15-20(29)25-7-8-27(15)21(30)19-18(24)12-3-1-2-4-16(12)31-19/h1-6,9,15H,7-8,10H2,(H,25,29)(H,26,28)/t15-/m0/s1. The lowest BCUT2D eigenvalue weighted by Crippen LogP contribution is -2.58. The summed E-state index contributed by atoms with van der Waals surface area (Å²) in [7, 11) is 0. The van der Waals surface area contributed by atoms with Crippen LogP contribution in [-0.2, 0) is 9.59 Å². The molecule has 31 heavy (non-hydrogen) atoms. The zero-order valence-corrected chi connectivity index (χ0v) is 19.0. The molecule has 2 aromatic carbocycles. The largest absolute Gasteiger partial charge is 0.353 e. The third-order valence-electron chi connectivity index (χ3n) is 4.90. The van der Waals surface area contributed by atoms with Crippen LogP contribution in [0.25, 0.3) is 10.1 Å². The summed E-state index contributed by atoms with van der Waals surface area (Å²) in [5.74, 6) is -1.24. The number of benzene rings is 2. The second-order valence-corrected chi connectivity index (χ2v) is 9.20. The Kier molecular flexibility index (Phi) is 6.39. The second-order valence-electron chi connectivity index (χ2n) is 6.92. The van der Waals surface area contributed by atoms with E-state index in [0.29, 0.717) is 32.2 Å². The second kappa shape index (κ2) is 9.04. The van der Waals surface area contributed by atoms with Crippen LogP contribution in [0.1, 0.15) is 16.1 Å². The highest BCUT2D eigenvalue weighted by Crippen LogP contribution is 2.36. The van der Waals surface area contributed by atoms with Gasteiger partial charge < -0.3 is 15.5 Å². The molecular weight excluding hydrogens is 481 g/mol. The first-order valence-corrected chi connectivity index (χ1v) is 11.3. The van der Waals surface area contributed by atoms with Gasteiger partial charge >= 0.3 is 0 Å². The highest BCUT2D eigenvalue weighted by molar-refractivity contribution is 7.21. The molecule has 1 aromatic heterocycles. The molecular formula is C21H16Cl3N3O3S. The van der Waals surface area contributed by atoms with Crippen molar-refractivity contribution in [2.45, 2.75) is 12.5 Å². The van der Waals surface area contributed by atoms with Gasteiger partial charge in [0.05, 0.1) is 22.2 Å². The summed E-state index contributed by atoms with van der Waals surface area (Å²) in [4.78, 5) is 40.2. The number of nitrogens with one attached hydrogen (secondary N) is 2. The van der Waals surface area contributed by atoms with Gasteiger partial charge in [-0.1, -0.05) is 53.0 Å². The van der Waals surface area contributed by atoms with Gasteiger partial charge in [0.1, 0.15) is 10.9 Å². The van der Waals surface area contributed by atoms with E-state index < -0.39 is 17.9 Å². The van der Waals surface area contributed by atoms with Crippen molar-refractivity contribution in [3.63, 3.8) is 0 Å². The summed E-state index contributed by atoms with van der Waals surface area (Å²) in [5.41, 5.74) is 0.334. The number of carbonyl (C=O) groups is 3. The Labute approximate surface area is 197 Å². The molecule has 0 unspecified atom stereocenters. The maximum atomic E-state index is 13.3. The Morgan fingerprint density at radius 2 is 1.94 bits per heavy atom. The molecule has 1 aliphatic rings. The van der Waals surface area contributed by atoms with Gasteiger partial charge in [-0.2, -0.15) is 0 Å². The molecule has 1 saturated heterocycles. The zero-order chi connectivity index (χ0) is 22.1.